The second kappa shape index (κ2) is 8.31. The summed E-state index contributed by atoms with van der Waals surface area (Å²) in [6.45, 7) is 8.14. The highest BCUT2D eigenvalue weighted by molar-refractivity contribution is 5.95. The Morgan fingerprint density at radius 1 is 1.25 bits per heavy atom. The summed E-state index contributed by atoms with van der Waals surface area (Å²) in [4.78, 5) is 16.1. The maximum atomic E-state index is 12.0. The standard InChI is InChI=1S/C17H23NO2/c1-5-14-8-10-16(18-11-14)17(19)12-20-15(6-2)9-7-13(3)4/h7-11H,5-6,12H2,1-4H3/b15-9+. The van der Waals surface area contributed by atoms with Gasteiger partial charge in [-0.2, -0.15) is 0 Å². The molecule has 0 saturated carbocycles. The van der Waals surface area contributed by atoms with Gasteiger partial charge in [-0.15, -0.1) is 0 Å². The molecule has 0 aliphatic carbocycles. The molecule has 0 aliphatic heterocycles. The summed E-state index contributed by atoms with van der Waals surface area (Å²) in [7, 11) is 0. The van der Waals surface area contributed by atoms with Crippen LogP contribution in [0.3, 0.4) is 0 Å². The Balaban J connectivity index is 2.61. The summed E-state index contributed by atoms with van der Waals surface area (Å²) < 4.78 is 5.54. The van der Waals surface area contributed by atoms with Crippen LogP contribution in [-0.4, -0.2) is 17.4 Å². The van der Waals surface area contributed by atoms with Crippen LogP contribution in [0.4, 0.5) is 0 Å². The van der Waals surface area contributed by atoms with E-state index in [1.165, 1.54) is 5.57 Å². The van der Waals surface area contributed by atoms with Gasteiger partial charge in [0.05, 0.1) is 5.76 Å². The Morgan fingerprint density at radius 2 is 2.00 bits per heavy atom. The number of hydrogen-bond acceptors (Lipinski definition) is 3. The van der Waals surface area contributed by atoms with Gasteiger partial charge in [-0.05, 0) is 38.0 Å². The zero-order valence-electron chi connectivity index (χ0n) is 12.8. The van der Waals surface area contributed by atoms with Crippen molar-refractivity contribution in [1.29, 1.82) is 0 Å². The number of ketones is 1. The zero-order chi connectivity index (χ0) is 15.0. The molecule has 0 amide bonds. The first-order valence-electron chi connectivity index (χ1n) is 7.01. The van der Waals surface area contributed by atoms with Gasteiger partial charge >= 0.3 is 0 Å². The maximum Gasteiger partial charge on any atom is 0.218 e. The van der Waals surface area contributed by atoms with Crippen molar-refractivity contribution in [3.8, 4) is 0 Å². The van der Waals surface area contributed by atoms with Crippen molar-refractivity contribution in [2.24, 2.45) is 0 Å². The molecule has 108 valence electrons. The fourth-order valence-corrected chi connectivity index (χ4v) is 1.56. The third-order valence-corrected chi connectivity index (χ3v) is 2.86. The number of nitrogens with zero attached hydrogens (tertiary/aromatic N) is 1. The highest BCUT2D eigenvalue weighted by atomic mass is 16.5. The monoisotopic (exact) mass is 273 g/mol. The predicted octanol–water partition coefficient (Wildman–Crippen LogP) is 4.10. The molecule has 0 N–H and O–H groups in total. The highest BCUT2D eigenvalue weighted by Gasteiger charge is 2.08. The summed E-state index contributed by atoms with van der Waals surface area (Å²) in [6.07, 6.45) is 7.32. The van der Waals surface area contributed by atoms with E-state index in [1.807, 2.05) is 39.0 Å². The topological polar surface area (TPSA) is 39.2 Å². The van der Waals surface area contributed by atoms with Crippen molar-refractivity contribution in [3.63, 3.8) is 0 Å². The lowest BCUT2D eigenvalue weighted by Gasteiger charge is -2.07. The smallest absolute Gasteiger partial charge is 0.218 e. The van der Waals surface area contributed by atoms with Crippen molar-refractivity contribution in [3.05, 3.63) is 53.1 Å². The third kappa shape index (κ3) is 5.39. The van der Waals surface area contributed by atoms with Gasteiger partial charge in [0, 0.05) is 12.6 Å². The molecule has 20 heavy (non-hydrogen) atoms. The number of ether oxygens (including phenoxy) is 1. The van der Waals surface area contributed by atoms with Gasteiger partial charge in [-0.1, -0.05) is 31.6 Å². The lowest BCUT2D eigenvalue weighted by molar-refractivity contribution is 0.0851. The quantitative estimate of drug-likeness (QED) is 0.426. The van der Waals surface area contributed by atoms with Crippen molar-refractivity contribution >= 4 is 5.78 Å². The molecule has 0 aromatic carbocycles. The molecule has 1 heterocycles. The first-order chi connectivity index (χ1) is 9.56. The van der Waals surface area contributed by atoms with Crippen LogP contribution < -0.4 is 0 Å². The van der Waals surface area contributed by atoms with E-state index in [0.29, 0.717) is 5.69 Å². The molecular weight excluding hydrogens is 250 g/mol. The minimum absolute atomic E-state index is 0.0365. The Bertz CT molecular complexity index is 494. The van der Waals surface area contributed by atoms with Crippen LogP contribution >= 0.6 is 0 Å². The maximum absolute atomic E-state index is 12.0. The largest absolute Gasteiger partial charge is 0.490 e. The van der Waals surface area contributed by atoms with Gasteiger partial charge in [-0.3, -0.25) is 9.78 Å². The number of rotatable bonds is 7. The van der Waals surface area contributed by atoms with E-state index in [2.05, 4.69) is 11.9 Å². The number of aromatic nitrogens is 1. The molecule has 0 unspecified atom stereocenters. The number of pyridine rings is 1. The van der Waals surface area contributed by atoms with Crippen LogP contribution in [0.15, 0.2) is 41.8 Å². The van der Waals surface area contributed by atoms with Gasteiger partial charge in [0.15, 0.2) is 6.61 Å². The van der Waals surface area contributed by atoms with Gasteiger partial charge in [0.25, 0.3) is 0 Å². The molecule has 1 rings (SSSR count). The molecular formula is C17H23NO2. The first kappa shape index (κ1) is 16.2. The Labute approximate surface area is 121 Å². The molecule has 0 radical (unpaired) electrons. The van der Waals surface area contributed by atoms with E-state index in [1.54, 1.807) is 12.3 Å². The number of carbonyl (C=O) groups excluding carboxylic acids is 1. The van der Waals surface area contributed by atoms with Crippen molar-refractivity contribution in [1.82, 2.24) is 4.98 Å². The second-order valence-corrected chi connectivity index (χ2v) is 4.85. The second-order valence-electron chi connectivity index (χ2n) is 4.85. The van der Waals surface area contributed by atoms with E-state index in [9.17, 15) is 4.79 Å². The number of hydrogen-bond donors (Lipinski definition) is 0. The summed E-state index contributed by atoms with van der Waals surface area (Å²) >= 11 is 0. The number of carbonyl (C=O) groups is 1. The van der Waals surface area contributed by atoms with Crippen LogP contribution in [0.25, 0.3) is 0 Å². The Morgan fingerprint density at radius 3 is 2.50 bits per heavy atom. The first-order valence-corrected chi connectivity index (χ1v) is 7.01. The van der Waals surface area contributed by atoms with Crippen LogP contribution in [0, 0.1) is 0 Å². The fourth-order valence-electron chi connectivity index (χ4n) is 1.56. The molecule has 3 nitrogen and oxygen atoms in total. The zero-order valence-corrected chi connectivity index (χ0v) is 12.8. The van der Waals surface area contributed by atoms with E-state index < -0.39 is 0 Å². The molecule has 0 fully saturated rings. The van der Waals surface area contributed by atoms with E-state index in [-0.39, 0.29) is 12.4 Å². The Hall–Kier alpha value is -1.90. The van der Waals surface area contributed by atoms with Gasteiger partial charge in [0.2, 0.25) is 5.78 Å². The minimum atomic E-state index is -0.0933. The molecule has 0 spiro atoms. The van der Waals surface area contributed by atoms with E-state index in [4.69, 9.17) is 4.74 Å². The summed E-state index contributed by atoms with van der Waals surface area (Å²) in [5, 5.41) is 0. The van der Waals surface area contributed by atoms with Crippen LogP contribution in [0.1, 0.15) is 50.2 Å². The lowest BCUT2D eigenvalue weighted by Crippen LogP contribution is -2.10. The van der Waals surface area contributed by atoms with Gasteiger partial charge < -0.3 is 4.74 Å². The minimum Gasteiger partial charge on any atom is -0.490 e. The van der Waals surface area contributed by atoms with Crippen molar-refractivity contribution in [2.45, 2.75) is 40.5 Å². The number of Topliss-reactive ketones (excluding diaryl/α,β-unsaturated/α-hetero) is 1. The molecule has 0 atom stereocenters. The van der Waals surface area contributed by atoms with Crippen LogP contribution in [0.2, 0.25) is 0 Å². The molecule has 0 saturated heterocycles. The molecule has 3 heteroatoms. The third-order valence-electron chi connectivity index (χ3n) is 2.86. The fraction of sp³-hybridized carbons (Fsp3) is 0.412. The van der Waals surface area contributed by atoms with Crippen LogP contribution in [0.5, 0.6) is 0 Å². The highest BCUT2D eigenvalue weighted by Crippen LogP contribution is 2.07. The molecule has 1 aromatic rings. The normalized spacial score (nSPS) is 11.1. The van der Waals surface area contributed by atoms with E-state index in [0.717, 1.165) is 24.2 Å². The van der Waals surface area contributed by atoms with E-state index >= 15 is 0 Å². The average molecular weight is 273 g/mol. The SMILES string of the molecule is CC/C(=C\C=C(C)C)OCC(=O)c1ccc(CC)cn1. The lowest BCUT2D eigenvalue weighted by atomic mass is 10.2. The molecule has 0 bridgehead atoms. The predicted molar refractivity (Wildman–Crippen MR) is 81.7 cm³/mol. The summed E-state index contributed by atoms with van der Waals surface area (Å²) in [6, 6.07) is 3.69. The summed E-state index contributed by atoms with van der Waals surface area (Å²) in [5.41, 5.74) is 2.78. The number of aryl methyl sites for hydroxylation is 1. The molecule has 0 aliphatic rings. The van der Waals surface area contributed by atoms with Crippen LogP contribution in [-0.2, 0) is 11.2 Å². The molecule has 1 aromatic heterocycles. The summed E-state index contributed by atoms with van der Waals surface area (Å²) in [5.74, 6) is 0.717. The number of allylic oxidation sites excluding steroid dienone is 4. The van der Waals surface area contributed by atoms with Crippen molar-refractivity contribution < 1.29 is 9.53 Å². The Kier molecular flexibility index (Phi) is 6.71. The average Bonchev–Trinajstić information content (AvgIpc) is 2.47. The van der Waals surface area contributed by atoms with Gasteiger partial charge in [-0.25, -0.2) is 0 Å². The van der Waals surface area contributed by atoms with Crippen molar-refractivity contribution in [2.75, 3.05) is 6.61 Å². The van der Waals surface area contributed by atoms with Gasteiger partial charge in [0.1, 0.15) is 5.69 Å².